The fourth-order valence-corrected chi connectivity index (χ4v) is 4.66. The number of hydrogen-bond donors (Lipinski definition) is 0. The molecule has 0 fully saturated rings. The lowest BCUT2D eigenvalue weighted by atomic mass is 10.1. The van der Waals surface area contributed by atoms with Gasteiger partial charge in [-0.15, -0.1) is 0 Å². The first-order valence-electron chi connectivity index (χ1n) is 8.62. The molecule has 0 saturated heterocycles. The number of sulfonamides is 1. The molecule has 6 nitrogen and oxygen atoms in total. The molecule has 140 valence electrons. The van der Waals surface area contributed by atoms with E-state index in [4.69, 9.17) is 5.26 Å². The lowest BCUT2D eigenvalue weighted by Gasteiger charge is -2.21. The van der Waals surface area contributed by atoms with Crippen molar-refractivity contribution in [1.82, 2.24) is 4.31 Å². The van der Waals surface area contributed by atoms with Crippen molar-refractivity contribution in [3.8, 4) is 6.07 Å². The average Bonchev–Trinajstić information content (AvgIpc) is 2.97. The van der Waals surface area contributed by atoms with Crippen LogP contribution in [0.1, 0.15) is 30.5 Å². The topological polar surface area (TPSA) is 81.5 Å². The minimum atomic E-state index is -3.66. The van der Waals surface area contributed by atoms with Crippen LogP contribution in [-0.2, 0) is 27.8 Å². The van der Waals surface area contributed by atoms with Crippen LogP contribution in [0.4, 0.5) is 5.69 Å². The van der Waals surface area contributed by atoms with E-state index in [2.05, 4.69) is 0 Å². The predicted molar refractivity (Wildman–Crippen MR) is 103 cm³/mol. The Morgan fingerprint density at radius 3 is 2.52 bits per heavy atom. The molecule has 0 N–H and O–H groups in total. The SMILES string of the molecule is CC(=O)N1c2ccc(S(=O)(=O)N(C)Cc3ccc(C#N)cc3)cc2CC1C. The highest BCUT2D eigenvalue weighted by Gasteiger charge is 2.31. The molecule has 0 aliphatic carbocycles. The summed E-state index contributed by atoms with van der Waals surface area (Å²) in [4.78, 5) is 13.8. The van der Waals surface area contributed by atoms with E-state index >= 15 is 0 Å². The summed E-state index contributed by atoms with van der Waals surface area (Å²) in [7, 11) is -2.13. The highest BCUT2D eigenvalue weighted by Crippen LogP contribution is 2.34. The minimum Gasteiger partial charge on any atom is -0.309 e. The molecule has 0 spiro atoms. The summed E-state index contributed by atoms with van der Waals surface area (Å²) in [6.45, 7) is 3.68. The average molecular weight is 383 g/mol. The molecule has 3 rings (SSSR count). The number of nitrogens with zero attached hydrogens (tertiary/aromatic N) is 3. The molecule has 0 aromatic heterocycles. The van der Waals surface area contributed by atoms with E-state index in [1.165, 1.54) is 18.3 Å². The zero-order valence-corrected chi connectivity index (χ0v) is 16.3. The molecule has 1 heterocycles. The summed E-state index contributed by atoms with van der Waals surface area (Å²) in [5.41, 5.74) is 2.99. The number of amides is 1. The minimum absolute atomic E-state index is 0.0202. The van der Waals surface area contributed by atoms with Gasteiger partial charge in [0.15, 0.2) is 0 Å². The van der Waals surface area contributed by atoms with Gasteiger partial charge in [0.25, 0.3) is 0 Å². The lowest BCUT2D eigenvalue weighted by Crippen LogP contribution is -2.33. The van der Waals surface area contributed by atoms with Crippen LogP contribution < -0.4 is 4.90 Å². The molecule has 1 aliphatic heterocycles. The van der Waals surface area contributed by atoms with Gasteiger partial charge in [-0.2, -0.15) is 9.57 Å². The van der Waals surface area contributed by atoms with Gasteiger partial charge in [-0.1, -0.05) is 12.1 Å². The van der Waals surface area contributed by atoms with Crippen molar-refractivity contribution in [1.29, 1.82) is 5.26 Å². The number of rotatable bonds is 4. The zero-order valence-electron chi connectivity index (χ0n) is 15.5. The third-order valence-corrected chi connectivity index (χ3v) is 6.60. The Balaban J connectivity index is 1.86. The quantitative estimate of drug-likeness (QED) is 0.813. The molecule has 2 aromatic carbocycles. The van der Waals surface area contributed by atoms with Gasteiger partial charge in [0.05, 0.1) is 16.5 Å². The van der Waals surface area contributed by atoms with Gasteiger partial charge < -0.3 is 4.90 Å². The first-order chi connectivity index (χ1) is 12.7. The molecular formula is C20H21N3O3S. The van der Waals surface area contributed by atoms with Crippen molar-refractivity contribution in [2.24, 2.45) is 0 Å². The Morgan fingerprint density at radius 1 is 1.26 bits per heavy atom. The number of hydrogen-bond acceptors (Lipinski definition) is 4. The molecule has 0 saturated carbocycles. The fourth-order valence-electron chi connectivity index (χ4n) is 3.45. The van der Waals surface area contributed by atoms with Crippen molar-refractivity contribution < 1.29 is 13.2 Å². The molecule has 1 unspecified atom stereocenters. The Labute approximate surface area is 159 Å². The molecule has 1 amide bonds. The zero-order chi connectivity index (χ0) is 19.8. The van der Waals surface area contributed by atoms with Crippen molar-refractivity contribution in [3.05, 3.63) is 59.2 Å². The number of carbonyl (C=O) groups excluding carboxylic acids is 1. The molecule has 0 radical (unpaired) electrons. The first kappa shape index (κ1) is 19.1. The molecule has 0 bridgehead atoms. The van der Waals surface area contributed by atoms with E-state index in [0.717, 1.165) is 16.8 Å². The summed E-state index contributed by atoms with van der Waals surface area (Å²) in [6.07, 6.45) is 0.637. The van der Waals surface area contributed by atoms with Crippen LogP contribution in [-0.4, -0.2) is 31.7 Å². The number of fused-ring (bicyclic) bond motifs is 1. The van der Waals surface area contributed by atoms with Gasteiger partial charge in [0.1, 0.15) is 0 Å². The molecule has 7 heteroatoms. The van der Waals surface area contributed by atoms with Crippen LogP contribution in [0.15, 0.2) is 47.4 Å². The van der Waals surface area contributed by atoms with Crippen LogP contribution in [0.5, 0.6) is 0 Å². The van der Waals surface area contributed by atoms with Crippen molar-refractivity contribution in [2.75, 3.05) is 11.9 Å². The van der Waals surface area contributed by atoms with E-state index in [-0.39, 0.29) is 23.4 Å². The number of carbonyl (C=O) groups is 1. The van der Waals surface area contributed by atoms with Crippen LogP contribution in [0, 0.1) is 11.3 Å². The molecule has 2 aromatic rings. The van der Waals surface area contributed by atoms with E-state index < -0.39 is 10.0 Å². The summed E-state index contributed by atoms with van der Waals surface area (Å²) < 4.78 is 27.2. The Kier molecular flexibility index (Phi) is 5.05. The number of anilines is 1. The second-order valence-corrected chi connectivity index (χ2v) is 8.85. The van der Waals surface area contributed by atoms with Gasteiger partial charge in [0, 0.05) is 32.2 Å². The number of benzene rings is 2. The van der Waals surface area contributed by atoms with Crippen LogP contribution in [0.3, 0.4) is 0 Å². The van der Waals surface area contributed by atoms with E-state index in [1.807, 2.05) is 13.0 Å². The van der Waals surface area contributed by atoms with Crippen molar-refractivity contribution in [3.63, 3.8) is 0 Å². The van der Waals surface area contributed by atoms with Gasteiger partial charge in [-0.05, 0) is 54.8 Å². The third kappa shape index (κ3) is 3.59. The van der Waals surface area contributed by atoms with E-state index in [1.54, 1.807) is 47.4 Å². The maximum absolute atomic E-state index is 12.9. The Bertz CT molecular complexity index is 1020. The summed E-state index contributed by atoms with van der Waals surface area (Å²) in [5, 5.41) is 8.86. The van der Waals surface area contributed by atoms with Gasteiger partial charge in [-0.3, -0.25) is 4.79 Å². The third-order valence-electron chi connectivity index (χ3n) is 4.80. The monoisotopic (exact) mass is 383 g/mol. The summed E-state index contributed by atoms with van der Waals surface area (Å²) in [5.74, 6) is -0.0465. The smallest absolute Gasteiger partial charge is 0.243 e. The Morgan fingerprint density at radius 2 is 1.93 bits per heavy atom. The van der Waals surface area contributed by atoms with Gasteiger partial charge >= 0.3 is 0 Å². The standard InChI is InChI=1S/C20H21N3O3S/c1-14-10-18-11-19(8-9-20(18)23(14)15(2)24)27(25,26)22(3)13-17-6-4-16(12-21)5-7-17/h4-9,11,14H,10,13H2,1-3H3. The second-order valence-electron chi connectivity index (χ2n) is 6.80. The number of nitriles is 1. The van der Waals surface area contributed by atoms with Crippen molar-refractivity contribution in [2.45, 2.75) is 37.8 Å². The van der Waals surface area contributed by atoms with Gasteiger partial charge in [0.2, 0.25) is 15.9 Å². The van der Waals surface area contributed by atoms with Crippen LogP contribution in [0.25, 0.3) is 0 Å². The summed E-state index contributed by atoms with van der Waals surface area (Å²) >= 11 is 0. The predicted octanol–water partition coefficient (Wildman–Crippen LogP) is 2.68. The second kappa shape index (κ2) is 7.14. The highest BCUT2D eigenvalue weighted by atomic mass is 32.2. The highest BCUT2D eigenvalue weighted by molar-refractivity contribution is 7.89. The molecule has 1 atom stereocenters. The first-order valence-corrected chi connectivity index (χ1v) is 10.1. The van der Waals surface area contributed by atoms with Crippen molar-refractivity contribution >= 4 is 21.6 Å². The molecular weight excluding hydrogens is 362 g/mol. The van der Waals surface area contributed by atoms with Gasteiger partial charge in [-0.25, -0.2) is 8.42 Å². The summed E-state index contributed by atoms with van der Waals surface area (Å²) in [6, 6.07) is 13.8. The molecule has 27 heavy (non-hydrogen) atoms. The maximum Gasteiger partial charge on any atom is 0.243 e. The van der Waals surface area contributed by atoms with Crippen LogP contribution in [0.2, 0.25) is 0 Å². The fraction of sp³-hybridized carbons (Fsp3) is 0.300. The molecule has 1 aliphatic rings. The van der Waals surface area contributed by atoms with E-state index in [9.17, 15) is 13.2 Å². The Hall–Kier alpha value is -2.69. The van der Waals surface area contributed by atoms with E-state index in [0.29, 0.717) is 12.0 Å². The lowest BCUT2D eigenvalue weighted by molar-refractivity contribution is -0.116. The normalized spacial score (nSPS) is 16.3. The van der Waals surface area contributed by atoms with Crippen LogP contribution >= 0.6 is 0 Å². The maximum atomic E-state index is 12.9. The largest absolute Gasteiger partial charge is 0.309 e.